The number of rotatable bonds is 7. The zero-order valence-corrected chi connectivity index (χ0v) is 20.0. The van der Waals surface area contributed by atoms with Gasteiger partial charge in [0.15, 0.2) is 11.5 Å². The number of furan rings is 1. The maximum Gasteiger partial charge on any atom is 0.290 e. The van der Waals surface area contributed by atoms with E-state index in [1.54, 1.807) is 17.0 Å². The number of carbonyl (C=O) groups excluding carboxylic acids is 2. The summed E-state index contributed by atoms with van der Waals surface area (Å²) < 4.78 is 11.2. The second kappa shape index (κ2) is 9.56. The second-order valence-electron chi connectivity index (χ2n) is 9.24. The monoisotopic (exact) mass is 476 g/mol. The van der Waals surface area contributed by atoms with E-state index in [0.29, 0.717) is 31.9 Å². The number of hydrogen-bond acceptors (Lipinski definition) is 6. The molecule has 2 aliphatic heterocycles. The Labute approximate surface area is 204 Å². The Balaban J connectivity index is 1.50. The van der Waals surface area contributed by atoms with Crippen molar-refractivity contribution in [2.45, 2.75) is 6.04 Å². The highest BCUT2D eigenvalue weighted by Gasteiger charge is 2.44. The Bertz CT molecular complexity index is 1240. The number of Topliss-reactive ketones (excluding diaryl/α,β-unsaturated/α-hetero) is 1. The number of quaternary nitrogens is 1. The first kappa shape index (κ1) is 23.1. The standard InChI is InChI=1S/C27H29N3O5/c1-28(2)20-9-7-18(8-10-20)24-23(25(31)22-17-19-5-3-4-6-21(19)35-22)26(32)27(33)30(24)12-11-29-13-15-34-16-14-29/h3-10,17,24,32H,11-16H2,1-2H3/p+1. The number of fused-ring (bicyclic) bond motifs is 1. The predicted octanol–water partition coefficient (Wildman–Crippen LogP) is 1.99. The zero-order valence-electron chi connectivity index (χ0n) is 20.0. The first-order valence-electron chi connectivity index (χ1n) is 11.9. The van der Waals surface area contributed by atoms with Gasteiger partial charge in [-0.25, -0.2) is 0 Å². The van der Waals surface area contributed by atoms with Crippen LogP contribution in [-0.4, -0.2) is 75.2 Å². The minimum absolute atomic E-state index is 0.0589. The van der Waals surface area contributed by atoms with Gasteiger partial charge in [0, 0.05) is 25.2 Å². The normalized spacial score (nSPS) is 19.1. The fourth-order valence-corrected chi connectivity index (χ4v) is 4.83. The number of aliphatic hydroxyl groups is 1. The zero-order chi connectivity index (χ0) is 24.5. The number of anilines is 1. The number of amides is 1. The molecular formula is C27H30N3O5+. The largest absolute Gasteiger partial charge is 0.503 e. The summed E-state index contributed by atoms with van der Waals surface area (Å²) in [5, 5.41) is 11.7. The van der Waals surface area contributed by atoms with E-state index in [2.05, 4.69) is 0 Å². The van der Waals surface area contributed by atoms with Crippen molar-refractivity contribution in [3.8, 4) is 0 Å². The Morgan fingerprint density at radius 2 is 1.83 bits per heavy atom. The van der Waals surface area contributed by atoms with Gasteiger partial charge >= 0.3 is 0 Å². The van der Waals surface area contributed by atoms with Crippen LogP contribution in [0, 0.1) is 0 Å². The molecule has 3 aromatic rings. The topological polar surface area (TPSA) is 87.7 Å². The van der Waals surface area contributed by atoms with Crippen molar-refractivity contribution in [3.63, 3.8) is 0 Å². The number of ether oxygens (including phenoxy) is 1. The van der Waals surface area contributed by atoms with Crippen molar-refractivity contribution in [3.05, 3.63) is 77.3 Å². The van der Waals surface area contributed by atoms with Crippen LogP contribution in [0.1, 0.15) is 22.2 Å². The minimum Gasteiger partial charge on any atom is -0.503 e. The Hall–Kier alpha value is -3.62. The van der Waals surface area contributed by atoms with Crippen LogP contribution < -0.4 is 9.80 Å². The van der Waals surface area contributed by atoms with Crippen LogP contribution in [0.5, 0.6) is 0 Å². The third kappa shape index (κ3) is 4.42. The van der Waals surface area contributed by atoms with Gasteiger partial charge in [-0.05, 0) is 29.8 Å². The summed E-state index contributed by atoms with van der Waals surface area (Å²) in [5.74, 6) is -1.40. The van der Waals surface area contributed by atoms with Crippen LogP contribution in [0.2, 0.25) is 0 Å². The van der Waals surface area contributed by atoms with E-state index in [1.807, 2.05) is 61.5 Å². The summed E-state index contributed by atoms with van der Waals surface area (Å²) in [6, 6.07) is 16.0. The fourth-order valence-electron chi connectivity index (χ4n) is 4.83. The summed E-state index contributed by atoms with van der Waals surface area (Å²) in [4.78, 5) is 31.8. The van der Waals surface area contributed by atoms with E-state index in [-0.39, 0.29) is 11.3 Å². The molecule has 182 valence electrons. The number of ketones is 1. The molecule has 8 nitrogen and oxygen atoms in total. The number of nitrogens with zero attached hydrogens (tertiary/aromatic N) is 2. The van der Waals surface area contributed by atoms with Gasteiger partial charge in [-0.2, -0.15) is 0 Å². The van der Waals surface area contributed by atoms with Crippen LogP contribution in [-0.2, 0) is 9.53 Å². The van der Waals surface area contributed by atoms with Crippen LogP contribution in [0.15, 0.2) is 70.3 Å². The molecule has 0 spiro atoms. The highest BCUT2D eigenvalue weighted by atomic mass is 16.5. The molecule has 1 aromatic heterocycles. The summed E-state index contributed by atoms with van der Waals surface area (Å²) in [6.07, 6.45) is 0. The van der Waals surface area contributed by atoms with Gasteiger partial charge in [0.05, 0.1) is 37.9 Å². The number of hydrogen-bond donors (Lipinski definition) is 2. The van der Waals surface area contributed by atoms with Crippen LogP contribution in [0.4, 0.5) is 5.69 Å². The lowest BCUT2D eigenvalue weighted by Crippen LogP contribution is -3.14. The molecule has 2 aliphatic rings. The number of nitrogens with one attached hydrogen (secondary N) is 1. The lowest BCUT2D eigenvalue weighted by Gasteiger charge is -2.30. The van der Waals surface area contributed by atoms with E-state index < -0.39 is 23.5 Å². The first-order chi connectivity index (χ1) is 16.9. The third-order valence-corrected chi connectivity index (χ3v) is 6.83. The highest BCUT2D eigenvalue weighted by molar-refractivity contribution is 6.16. The molecule has 0 bridgehead atoms. The van der Waals surface area contributed by atoms with Crippen molar-refractivity contribution in [2.24, 2.45) is 0 Å². The Morgan fingerprint density at radius 1 is 1.11 bits per heavy atom. The second-order valence-corrected chi connectivity index (χ2v) is 9.24. The lowest BCUT2D eigenvalue weighted by atomic mass is 9.94. The van der Waals surface area contributed by atoms with E-state index in [0.717, 1.165) is 29.7 Å². The van der Waals surface area contributed by atoms with Gasteiger partial charge in [0.25, 0.3) is 5.91 Å². The van der Waals surface area contributed by atoms with Gasteiger partial charge in [0.2, 0.25) is 5.78 Å². The summed E-state index contributed by atoms with van der Waals surface area (Å²) in [6.45, 7) is 4.24. The first-order valence-corrected chi connectivity index (χ1v) is 11.9. The Morgan fingerprint density at radius 3 is 2.51 bits per heavy atom. The van der Waals surface area contributed by atoms with Gasteiger partial charge < -0.3 is 29.0 Å². The average Bonchev–Trinajstić information content (AvgIpc) is 3.42. The van der Waals surface area contributed by atoms with Crippen LogP contribution in [0.25, 0.3) is 11.0 Å². The molecule has 35 heavy (non-hydrogen) atoms. The Kier molecular flexibility index (Phi) is 6.32. The fraction of sp³-hybridized carbons (Fsp3) is 0.333. The smallest absolute Gasteiger partial charge is 0.290 e. The van der Waals surface area contributed by atoms with E-state index >= 15 is 0 Å². The maximum absolute atomic E-state index is 13.7. The quantitative estimate of drug-likeness (QED) is 0.507. The molecule has 8 heteroatoms. The van der Waals surface area contributed by atoms with Crippen LogP contribution >= 0.6 is 0 Å². The SMILES string of the molecule is CN(C)c1ccc(C2C(C(=O)c3cc4ccccc4o3)=C(O)C(=O)N2CC[NH+]2CCOCC2)cc1. The molecule has 1 saturated heterocycles. The van der Waals surface area contributed by atoms with Crippen LogP contribution in [0.3, 0.4) is 0 Å². The van der Waals surface area contributed by atoms with Gasteiger partial charge in [0.1, 0.15) is 18.7 Å². The molecule has 2 N–H and O–H groups in total. The van der Waals surface area contributed by atoms with Gasteiger partial charge in [-0.1, -0.05) is 30.3 Å². The van der Waals surface area contributed by atoms with Crippen molar-refractivity contribution < 1.29 is 28.7 Å². The summed E-state index contributed by atoms with van der Waals surface area (Å²) in [7, 11) is 3.90. The van der Waals surface area contributed by atoms with Gasteiger partial charge in [-0.3, -0.25) is 9.59 Å². The molecule has 0 saturated carbocycles. The molecule has 5 rings (SSSR count). The van der Waals surface area contributed by atoms with Crippen molar-refractivity contribution in [2.75, 3.05) is 58.4 Å². The molecule has 0 aliphatic carbocycles. The molecular weight excluding hydrogens is 446 g/mol. The predicted molar refractivity (Wildman–Crippen MR) is 132 cm³/mol. The average molecular weight is 477 g/mol. The summed E-state index contributed by atoms with van der Waals surface area (Å²) >= 11 is 0. The van der Waals surface area contributed by atoms with E-state index in [1.165, 1.54) is 4.90 Å². The van der Waals surface area contributed by atoms with Crippen molar-refractivity contribution in [1.29, 1.82) is 0 Å². The molecule has 1 atom stereocenters. The number of aliphatic hydroxyl groups excluding tert-OH is 1. The molecule has 2 aromatic carbocycles. The van der Waals surface area contributed by atoms with E-state index in [4.69, 9.17) is 9.15 Å². The third-order valence-electron chi connectivity index (χ3n) is 6.83. The highest BCUT2D eigenvalue weighted by Crippen LogP contribution is 2.39. The van der Waals surface area contributed by atoms with E-state index in [9.17, 15) is 14.7 Å². The summed E-state index contributed by atoms with van der Waals surface area (Å²) in [5.41, 5.74) is 2.41. The van der Waals surface area contributed by atoms with Crippen molar-refractivity contribution in [1.82, 2.24) is 4.90 Å². The lowest BCUT2D eigenvalue weighted by molar-refractivity contribution is -0.907. The maximum atomic E-state index is 13.7. The number of para-hydroxylation sites is 1. The number of morpholine rings is 1. The molecule has 0 radical (unpaired) electrons. The molecule has 3 heterocycles. The number of benzene rings is 2. The van der Waals surface area contributed by atoms with Crippen molar-refractivity contribution >= 4 is 28.3 Å². The molecule has 1 amide bonds. The molecule has 1 unspecified atom stereocenters. The minimum atomic E-state index is -0.695. The van der Waals surface area contributed by atoms with Gasteiger partial charge in [-0.15, -0.1) is 0 Å². The number of carbonyl (C=O) groups is 2. The molecule has 1 fully saturated rings.